The Morgan fingerprint density at radius 2 is 2.20 bits per heavy atom. The van der Waals surface area contributed by atoms with E-state index in [9.17, 15) is 4.79 Å². The standard InChI is InChI=1S/C18H22N4O3/c1-11-3-4-13(10-19-11)9-15(23)22-7-8-24-12(2)16(22)18-20-17(21-25-18)14-5-6-14/h3-4,10,12,14,16H,5-9H2,1-2H3/t12-,16+/m1/s1. The fraction of sp³-hybridized carbons (Fsp3) is 0.556. The van der Waals surface area contributed by atoms with Gasteiger partial charge in [0.15, 0.2) is 5.82 Å². The molecule has 1 saturated carbocycles. The third-order valence-electron chi connectivity index (χ3n) is 4.79. The zero-order chi connectivity index (χ0) is 17.4. The molecule has 0 N–H and O–H groups in total. The van der Waals surface area contributed by atoms with Gasteiger partial charge < -0.3 is 14.2 Å². The maximum Gasteiger partial charge on any atom is 0.252 e. The summed E-state index contributed by atoms with van der Waals surface area (Å²) in [5.74, 6) is 1.67. The zero-order valence-corrected chi connectivity index (χ0v) is 14.5. The van der Waals surface area contributed by atoms with Crippen molar-refractivity contribution in [3.63, 3.8) is 0 Å². The lowest BCUT2D eigenvalue weighted by Gasteiger charge is -2.37. The molecule has 1 saturated heterocycles. The molecule has 0 unspecified atom stereocenters. The van der Waals surface area contributed by atoms with Gasteiger partial charge in [0.25, 0.3) is 5.89 Å². The van der Waals surface area contributed by atoms with Gasteiger partial charge in [0.2, 0.25) is 5.91 Å². The van der Waals surface area contributed by atoms with Crippen molar-refractivity contribution in [2.45, 2.75) is 51.2 Å². The highest BCUT2D eigenvalue weighted by Crippen LogP contribution is 2.39. The first-order valence-corrected chi connectivity index (χ1v) is 8.78. The molecule has 1 amide bonds. The predicted octanol–water partition coefficient (Wildman–Crippen LogP) is 2.18. The Bertz CT molecular complexity index is 754. The second kappa shape index (κ2) is 6.55. The van der Waals surface area contributed by atoms with Crippen LogP contribution in [0.15, 0.2) is 22.9 Å². The summed E-state index contributed by atoms with van der Waals surface area (Å²) in [5.41, 5.74) is 1.84. The number of hydrogen-bond acceptors (Lipinski definition) is 6. The van der Waals surface area contributed by atoms with Gasteiger partial charge in [0, 0.05) is 24.4 Å². The lowest BCUT2D eigenvalue weighted by Crippen LogP contribution is -2.48. The van der Waals surface area contributed by atoms with Crippen LogP contribution in [-0.2, 0) is 16.0 Å². The van der Waals surface area contributed by atoms with Crippen LogP contribution in [-0.4, -0.2) is 45.2 Å². The smallest absolute Gasteiger partial charge is 0.252 e. The van der Waals surface area contributed by atoms with Crippen molar-refractivity contribution in [1.29, 1.82) is 0 Å². The molecule has 0 spiro atoms. The number of ether oxygens (including phenoxy) is 1. The average Bonchev–Trinajstić information content (AvgIpc) is 3.34. The quantitative estimate of drug-likeness (QED) is 0.847. The van der Waals surface area contributed by atoms with Gasteiger partial charge in [-0.15, -0.1) is 0 Å². The summed E-state index contributed by atoms with van der Waals surface area (Å²) in [5, 5.41) is 4.09. The minimum atomic E-state index is -0.334. The van der Waals surface area contributed by atoms with Crippen LogP contribution >= 0.6 is 0 Å². The van der Waals surface area contributed by atoms with Crippen molar-refractivity contribution >= 4 is 5.91 Å². The number of amides is 1. The van der Waals surface area contributed by atoms with E-state index < -0.39 is 0 Å². The van der Waals surface area contributed by atoms with Gasteiger partial charge in [0.1, 0.15) is 6.04 Å². The fourth-order valence-electron chi connectivity index (χ4n) is 3.19. The maximum atomic E-state index is 12.9. The monoisotopic (exact) mass is 342 g/mol. The van der Waals surface area contributed by atoms with Crippen molar-refractivity contribution < 1.29 is 14.1 Å². The van der Waals surface area contributed by atoms with Crippen LogP contribution in [0.1, 0.15) is 54.7 Å². The minimum Gasteiger partial charge on any atom is -0.374 e. The first kappa shape index (κ1) is 16.2. The van der Waals surface area contributed by atoms with Crippen LogP contribution in [0.2, 0.25) is 0 Å². The van der Waals surface area contributed by atoms with Crippen LogP contribution < -0.4 is 0 Å². The van der Waals surface area contributed by atoms with Gasteiger partial charge in [0.05, 0.1) is 19.1 Å². The summed E-state index contributed by atoms with van der Waals surface area (Å²) >= 11 is 0. The summed E-state index contributed by atoms with van der Waals surface area (Å²) in [6.07, 6.45) is 4.10. The molecule has 132 valence electrons. The Morgan fingerprint density at radius 3 is 2.92 bits per heavy atom. The molecule has 2 aliphatic rings. The molecule has 0 aromatic carbocycles. The number of morpholine rings is 1. The van der Waals surface area contributed by atoms with E-state index in [2.05, 4.69) is 15.1 Å². The Hall–Kier alpha value is -2.28. The van der Waals surface area contributed by atoms with E-state index in [0.29, 0.717) is 31.4 Å². The van der Waals surface area contributed by atoms with E-state index in [1.165, 1.54) is 0 Å². The molecule has 0 bridgehead atoms. The number of carbonyl (C=O) groups is 1. The second-order valence-electron chi connectivity index (χ2n) is 6.86. The lowest BCUT2D eigenvalue weighted by atomic mass is 10.1. The van der Waals surface area contributed by atoms with Crippen LogP contribution in [0.25, 0.3) is 0 Å². The number of aromatic nitrogens is 3. The number of aryl methyl sites for hydroxylation is 1. The minimum absolute atomic E-state index is 0.0250. The predicted molar refractivity (Wildman–Crippen MR) is 88.8 cm³/mol. The van der Waals surface area contributed by atoms with Crippen molar-refractivity contribution in [1.82, 2.24) is 20.0 Å². The van der Waals surface area contributed by atoms with Crippen molar-refractivity contribution in [2.75, 3.05) is 13.2 Å². The largest absolute Gasteiger partial charge is 0.374 e. The van der Waals surface area contributed by atoms with E-state index in [0.717, 1.165) is 29.9 Å². The number of rotatable bonds is 4. The summed E-state index contributed by atoms with van der Waals surface area (Å²) < 4.78 is 11.2. The third kappa shape index (κ3) is 3.42. The van der Waals surface area contributed by atoms with Crippen molar-refractivity contribution in [3.05, 3.63) is 41.3 Å². The number of pyridine rings is 1. The molecule has 2 aromatic rings. The van der Waals surface area contributed by atoms with Crippen LogP contribution in [0, 0.1) is 6.92 Å². The molecule has 4 rings (SSSR count). The van der Waals surface area contributed by atoms with Crippen LogP contribution in [0.5, 0.6) is 0 Å². The molecule has 1 aliphatic heterocycles. The van der Waals surface area contributed by atoms with E-state index in [1.54, 1.807) is 11.1 Å². The molecule has 25 heavy (non-hydrogen) atoms. The molecular weight excluding hydrogens is 320 g/mol. The van der Waals surface area contributed by atoms with Gasteiger partial charge in [-0.3, -0.25) is 9.78 Å². The maximum absolute atomic E-state index is 12.9. The van der Waals surface area contributed by atoms with E-state index in [1.807, 2.05) is 26.0 Å². The summed E-state index contributed by atoms with van der Waals surface area (Å²) in [4.78, 5) is 23.5. The molecule has 0 radical (unpaired) electrons. The van der Waals surface area contributed by atoms with Gasteiger partial charge >= 0.3 is 0 Å². The third-order valence-corrected chi connectivity index (χ3v) is 4.79. The molecule has 1 aliphatic carbocycles. The highest BCUT2D eigenvalue weighted by atomic mass is 16.5. The van der Waals surface area contributed by atoms with E-state index >= 15 is 0 Å². The zero-order valence-electron chi connectivity index (χ0n) is 14.5. The normalized spacial score (nSPS) is 23.7. The highest BCUT2D eigenvalue weighted by molar-refractivity contribution is 5.79. The second-order valence-corrected chi connectivity index (χ2v) is 6.86. The number of nitrogens with zero attached hydrogens (tertiary/aromatic N) is 4. The first-order valence-electron chi connectivity index (χ1n) is 8.78. The number of hydrogen-bond donors (Lipinski definition) is 0. The summed E-state index contributed by atoms with van der Waals surface area (Å²) in [6.45, 7) is 4.91. The summed E-state index contributed by atoms with van der Waals surface area (Å²) in [7, 11) is 0. The van der Waals surface area contributed by atoms with Gasteiger partial charge in [-0.1, -0.05) is 11.2 Å². The molecule has 2 aromatic heterocycles. The topological polar surface area (TPSA) is 81.4 Å². The Morgan fingerprint density at radius 1 is 1.36 bits per heavy atom. The van der Waals surface area contributed by atoms with E-state index in [4.69, 9.17) is 9.26 Å². The van der Waals surface area contributed by atoms with Crippen molar-refractivity contribution in [3.8, 4) is 0 Å². The lowest BCUT2D eigenvalue weighted by molar-refractivity contribution is -0.146. The Kier molecular flexibility index (Phi) is 4.25. The van der Waals surface area contributed by atoms with Gasteiger partial charge in [-0.25, -0.2) is 0 Å². The molecule has 3 heterocycles. The summed E-state index contributed by atoms with van der Waals surface area (Å²) in [6, 6.07) is 3.53. The fourth-order valence-corrected chi connectivity index (χ4v) is 3.19. The molecule has 7 heteroatoms. The van der Waals surface area contributed by atoms with Gasteiger partial charge in [-0.2, -0.15) is 4.98 Å². The van der Waals surface area contributed by atoms with Gasteiger partial charge in [-0.05, 0) is 38.3 Å². The van der Waals surface area contributed by atoms with E-state index in [-0.39, 0.29) is 18.1 Å². The molecule has 2 atom stereocenters. The SMILES string of the molecule is Cc1ccc(CC(=O)N2CCO[C@H](C)[C@H]2c2nc(C3CC3)no2)cn1. The molecular formula is C18H22N4O3. The van der Waals surface area contributed by atoms with Crippen LogP contribution in [0.3, 0.4) is 0 Å². The average molecular weight is 342 g/mol. The van der Waals surface area contributed by atoms with Crippen molar-refractivity contribution in [2.24, 2.45) is 0 Å². The Labute approximate surface area is 146 Å². The highest BCUT2D eigenvalue weighted by Gasteiger charge is 2.39. The van der Waals surface area contributed by atoms with Crippen LogP contribution in [0.4, 0.5) is 0 Å². The molecule has 7 nitrogen and oxygen atoms in total. The number of carbonyl (C=O) groups excluding carboxylic acids is 1. The Balaban J connectivity index is 1.54. The molecule has 2 fully saturated rings. The first-order chi connectivity index (χ1) is 12.1.